The second-order valence-electron chi connectivity index (χ2n) is 4.79. The molecule has 0 saturated carbocycles. The van der Waals surface area contributed by atoms with Gasteiger partial charge in [0.25, 0.3) is 0 Å². The van der Waals surface area contributed by atoms with E-state index in [1.54, 1.807) is 0 Å². The molecule has 16 heavy (non-hydrogen) atoms. The third kappa shape index (κ3) is 3.09. The number of hydrogen-bond acceptors (Lipinski definition) is 1. The molecule has 88 valence electrons. The molecule has 0 fully saturated rings. The van der Waals surface area contributed by atoms with Crippen LogP contribution in [0.1, 0.15) is 39.7 Å². The number of carbonyl (C=O) groups excluding carboxylic acids is 1. The Hall–Kier alpha value is -1.31. The monoisotopic (exact) mass is 219 g/mol. The average Bonchev–Trinajstić information content (AvgIpc) is 2.28. The van der Waals surface area contributed by atoms with Gasteiger partial charge in [-0.05, 0) is 25.8 Å². The van der Waals surface area contributed by atoms with Crippen LogP contribution in [0.2, 0.25) is 0 Å². The van der Waals surface area contributed by atoms with E-state index in [-0.39, 0.29) is 17.4 Å². The molecule has 1 atom stereocenters. The van der Waals surface area contributed by atoms with E-state index in [1.165, 1.54) is 0 Å². The summed E-state index contributed by atoms with van der Waals surface area (Å²) in [5.74, 6) is 0.194. The third-order valence-corrected chi connectivity index (χ3v) is 2.99. The smallest absolute Gasteiger partial charge is 0.223 e. The first-order valence-corrected chi connectivity index (χ1v) is 5.85. The molecule has 0 aliphatic heterocycles. The predicted molar refractivity (Wildman–Crippen MR) is 67.1 cm³/mol. The summed E-state index contributed by atoms with van der Waals surface area (Å²) < 4.78 is 0. The number of nitrogens with one attached hydrogen (secondary N) is 1. The molecule has 1 N–H and O–H groups in total. The minimum Gasteiger partial charge on any atom is -0.347 e. The van der Waals surface area contributed by atoms with Crippen LogP contribution in [0.5, 0.6) is 0 Å². The summed E-state index contributed by atoms with van der Waals surface area (Å²) in [4.78, 5) is 11.9. The van der Waals surface area contributed by atoms with Crippen molar-refractivity contribution in [3.63, 3.8) is 0 Å². The Balaban J connectivity index is 2.76. The molecule has 2 heteroatoms. The Morgan fingerprint density at radius 2 is 1.88 bits per heavy atom. The van der Waals surface area contributed by atoms with Crippen LogP contribution >= 0.6 is 0 Å². The summed E-state index contributed by atoms with van der Waals surface area (Å²) in [6, 6.07) is 10.0. The van der Waals surface area contributed by atoms with Crippen molar-refractivity contribution in [1.29, 1.82) is 0 Å². The lowest BCUT2D eigenvalue weighted by atomic mass is 9.93. The number of hydrogen-bond donors (Lipinski definition) is 1. The van der Waals surface area contributed by atoms with E-state index in [0.29, 0.717) is 0 Å². The first-order valence-electron chi connectivity index (χ1n) is 5.85. The number of amides is 1. The van der Waals surface area contributed by atoms with Gasteiger partial charge in [0.1, 0.15) is 0 Å². The fourth-order valence-corrected chi connectivity index (χ4v) is 1.54. The van der Waals surface area contributed by atoms with E-state index < -0.39 is 0 Å². The lowest BCUT2D eigenvalue weighted by Crippen LogP contribution is -2.43. The summed E-state index contributed by atoms with van der Waals surface area (Å²) in [6.07, 6.45) is 0.872. The SMILES string of the molecule is CCC(C)C(=O)NC(C)(C)c1ccccc1. The molecule has 0 bridgehead atoms. The van der Waals surface area contributed by atoms with Crippen molar-refractivity contribution >= 4 is 5.91 Å². The zero-order chi connectivity index (χ0) is 12.2. The summed E-state index contributed by atoms with van der Waals surface area (Å²) in [7, 11) is 0. The predicted octanol–water partition coefficient (Wildman–Crippen LogP) is 3.08. The number of rotatable bonds is 4. The highest BCUT2D eigenvalue weighted by Gasteiger charge is 2.24. The standard InChI is InChI=1S/C14H21NO/c1-5-11(2)13(16)15-14(3,4)12-9-7-6-8-10-12/h6-11H,5H2,1-4H3,(H,15,16). The maximum atomic E-state index is 11.9. The number of benzene rings is 1. The normalized spacial score (nSPS) is 13.2. The van der Waals surface area contributed by atoms with Crippen molar-refractivity contribution in [3.05, 3.63) is 35.9 Å². The largest absolute Gasteiger partial charge is 0.347 e. The summed E-state index contributed by atoms with van der Waals surface area (Å²) in [6.45, 7) is 8.04. The van der Waals surface area contributed by atoms with Gasteiger partial charge < -0.3 is 5.32 Å². The van der Waals surface area contributed by atoms with Gasteiger partial charge in [0.15, 0.2) is 0 Å². The fourth-order valence-electron chi connectivity index (χ4n) is 1.54. The Labute approximate surface area is 98.1 Å². The summed E-state index contributed by atoms with van der Waals surface area (Å²) in [5.41, 5.74) is 0.827. The topological polar surface area (TPSA) is 29.1 Å². The van der Waals surface area contributed by atoms with Crippen LogP contribution in [-0.4, -0.2) is 5.91 Å². The minimum atomic E-state index is -0.304. The fraction of sp³-hybridized carbons (Fsp3) is 0.500. The lowest BCUT2D eigenvalue weighted by molar-refractivity contribution is -0.126. The zero-order valence-corrected chi connectivity index (χ0v) is 10.6. The van der Waals surface area contributed by atoms with Crippen molar-refractivity contribution in [1.82, 2.24) is 5.32 Å². The molecule has 1 unspecified atom stereocenters. The Morgan fingerprint density at radius 1 is 1.31 bits per heavy atom. The van der Waals surface area contributed by atoms with Gasteiger partial charge in [-0.25, -0.2) is 0 Å². The van der Waals surface area contributed by atoms with Gasteiger partial charge in [-0.2, -0.15) is 0 Å². The molecular weight excluding hydrogens is 198 g/mol. The van der Waals surface area contributed by atoms with E-state index in [2.05, 4.69) is 5.32 Å². The molecule has 0 aliphatic rings. The molecule has 0 aromatic heterocycles. The van der Waals surface area contributed by atoms with Crippen molar-refractivity contribution in [3.8, 4) is 0 Å². The van der Waals surface area contributed by atoms with Gasteiger partial charge in [0.2, 0.25) is 5.91 Å². The quantitative estimate of drug-likeness (QED) is 0.828. The molecule has 0 radical (unpaired) electrons. The highest BCUT2D eigenvalue weighted by molar-refractivity contribution is 5.79. The molecule has 1 amide bonds. The van der Waals surface area contributed by atoms with Crippen LogP contribution in [0.25, 0.3) is 0 Å². The van der Waals surface area contributed by atoms with E-state index >= 15 is 0 Å². The molecule has 1 aromatic rings. The number of carbonyl (C=O) groups is 1. The minimum absolute atomic E-state index is 0.0722. The van der Waals surface area contributed by atoms with Crippen LogP contribution < -0.4 is 5.32 Å². The van der Waals surface area contributed by atoms with Crippen LogP contribution in [0.4, 0.5) is 0 Å². The van der Waals surface area contributed by atoms with Crippen molar-refractivity contribution < 1.29 is 4.79 Å². The van der Waals surface area contributed by atoms with Gasteiger partial charge >= 0.3 is 0 Å². The highest BCUT2D eigenvalue weighted by atomic mass is 16.2. The molecule has 1 aromatic carbocycles. The van der Waals surface area contributed by atoms with Crippen LogP contribution in [0, 0.1) is 5.92 Å². The second kappa shape index (κ2) is 5.15. The van der Waals surface area contributed by atoms with Crippen molar-refractivity contribution in [2.75, 3.05) is 0 Å². The molecule has 0 spiro atoms. The molecule has 0 aliphatic carbocycles. The maximum Gasteiger partial charge on any atom is 0.223 e. The van der Waals surface area contributed by atoms with Gasteiger partial charge in [0, 0.05) is 5.92 Å². The summed E-state index contributed by atoms with van der Waals surface area (Å²) >= 11 is 0. The van der Waals surface area contributed by atoms with Gasteiger partial charge in [-0.15, -0.1) is 0 Å². The average molecular weight is 219 g/mol. The maximum absolute atomic E-state index is 11.9. The molecule has 0 heterocycles. The van der Waals surface area contributed by atoms with Crippen molar-refractivity contribution in [2.24, 2.45) is 5.92 Å². The molecule has 1 rings (SSSR count). The van der Waals surface area contributed by atoms with Crippen LogP contribution in [0.15, 0.2) is 30.3 Å². The molecule has 0 saturated heterocycles. The van der Waals surface area contributed by atoms with Crippen LogP contribution in [0.3, 0.4) is 0 Å². The second-order valence-corrected chi connectivity index (χ2v) is 4.79. The van der Waals surface area contributed by atoms with E-state index in [1.807, 2.05) is 58.0 Å². The van der Waals surface area contributed by atoms with Gasteiger partial charge in [-0.1, -0.05) is 44.2 Å². The first kappa shape index (κ1) is 12.8. The van der Waals surface area contributed by atoms with Crippen LogP contribution in [-0.2, 0) is 10.3 Å². The van der Waals surface area contributed by atoms with Gasteiger partial charge in [0.05, 0.1) is 5.54 Å². The van der Waals surface area contributed by atoms with Gasteiger partial charge in [-0.3, -0.25) is 4.79 Å². The Bertz CT molecular complexity index is 343. The first-order chi connectivity index (χ1) is 7.47. The highest BCUT2D eigenvalue weighted by Crippen LogP contribution is 2.20. The third-order valence-electron chi connectivity index (χ3n) is 2.99. The lowest BCUT2D eigenvalue weighted by Gasteiger charge is -2.28. The molecule has 2 nitrogen and oxygen atoms in total. The summed E-state index contributed by atoms with van der Waals surface area (Å²) in [5, 5.41) is 3.08. The van der Waals surface area contributed by atoms with E-state index in [4.69, 9.17) is 0 Å². The Kier molecular flexibility index (Phi) is 4.11. The Morgan fingerprint density at radius 3 is 2.38 bits per heavy atom. The molecular formula is C14H21NO. The van der Waals surface area contributed by atoms with Crippen molar-refractivity contribution in [2.45, 2.75) is 39.7 Å². The van der Waals surface area contributed by atoms with E-state index in [9.17, 15) is 4.79 Å². The van der Waals surface area contributed by atoms with E-state index in [0.717, 1.165) is 12.0 Å². The zero-order valence-electron chi connectivity index (χ0n) is 10.6.